The SMILES string of the molecule is COC1CCN(CCC(C)(C)CN)C1. The number of hydrogen-bond acceptors (Lipinski definition) is 3. The number of hydrogen-bond donors (Lipinski definition) is 1. The molecule has 1 fully saturated rings. The molecule has 2 N–H and O–H groups in total. The smallest absolute Gasteiger partial charge is 0.0710 e. The molecule has 0 aromatic heterocycles. The Balaban J connectivity index is 2.20. The van der Waals surface area contributed by atoms with Crippen molar-refractivity contribution in [2.45, 2.75) is 32.8 Å². The normalized spacial score (nSPS) is 24.4. The number of ether oxygens (including phenoxy) is 1. The summed E-state index contributed by atoms with van der Waals surface area (Å²) in [6.45, 7) is 8.67. The third-order valence-corrected chi connectivity index (χ3v) is 3.22. The molecule has 1 heterocycles. The van der Waals surface area contributed by atoms with E-state index in [1.165, 1.54) is 19.4 Å². The van der Waals surface area contributed by atoms with Crippen molar-refractivity contribution in [2.24, 2.45) is 11.1 Å². The van der Waals surface area contributed by atoms with Crippen LogP contribution in [0.25, 0.3) is 0 Å². The van der Waals surface area contributed by atoms with Gasteiger partial charge in [0.15, 0.2) is 0 Å². The van der Waals surface area contributed by atoms with Crippen molar-refractivity contribution >= 4 is 0 Å². The minimum Gasteiger partial charge on any atom is -0.380 e. The maximum Gasteiger partial charge on any atom is 0.0710 e. The zero-order valence-corrected chi connectivity index (χ0v) is 9.75. The molecule has 0 radical (unpaired) electrons. The molecule has 1 saturated heterocycles. The number of rotatable bonds is 5. The highest BCUT2D eigenvalue weighted by molar-refractivity contribution is 4.78. The van der Waals surface area contributed by atoms with Crippen LogP contribution in [0.15, 0.2) is 0 Å². The van der Waals surface area contributed by atoms with E-state index in [9.17, 15) is 0 Å². The Hall–Kier alpha value is -0.120. The van der Waals surface area contributed by atoms with E-state index < -0.39 is 0 Å². The summed E-state index contributed by atoms with van der Waals surface area (Å²) in [5.41, 5.74) is 5.98. The van der Waals surface area contributed by atoms with Crippen LogP contribution in [0.2, 0.25) is 0 Å². The molecule has 0 aromatic carbocycles. The summed E-state index contributed by atoms with van der Waals surface area (Å²) in [5, 5.41) is 0. The van der Waals surface area contributed by atoms with Crippen molar-refractivity contribution in [3.05, 3.63) is 0 Å². The lowest BCUT2D eigenvalue weighted by Gasteiger charge is -2.25. The lowest BCUT2D eigenvalue weighted by molar-refractivity contribution is 0.106. The van der Waals surface area contributed by atoms with Crippen LogP contribution in [0.3, 0.4) is 0 Å². The standard InChI is InChI=1S/C11H24N2O/c1-11(2,9-12)5-7-13-6-4-10(8-13)14-3/h10H,4-9,12H2,1-3H3. The van der Waals surface area contributed by atoms with Gasteiger partial charge in [0.1, 0.15) is 0 Å². The van der Waals surface area contributed by atoms with Gasteiger partial charge in [-0.2, -0.15) is 0 Å². The molecule has 1 unspecified atom stereocenters. The average Bonchev–Trinajstić information content (AvgIpc) is 2.63. The van der Waals surface area contributed by atoms with Gasteiger partial charge in [-0.05, 0) is 31.3 Å². The van der Waals surface area contributed by atoms with Crippen molar-refractivity contribution in [1.82, 2.24) is 4.90 Å². The molecule has 1 aliphatic heterocycles. The first-order valence-corrected chi connectivity index (χ1v) is 5.52. The van der Waals surface area contributed by atoms with Gasteiger partial charge < -0.3 is 15.4 Å². The molecular weight excluding hydrogens is 176 g/mol. The Morgan fingerprint density at radius 3 is 2.71 bits per heavy atom. The van der Waals surface area contributed by atoms with Gasteiger partial charge in [0.25, 0.3) is 0 Å². The van der Waals surface area contributed by atoms with Gasteiger partial charge in [-0.1, -0.05) is 13.8 Å². The first-order valence-electron chi connectivity index (χ1n) is 5.52. The van der Waals surface area contributed by atoms with E-state index in [2.05, 4.69) is 18.7 Å². The maximum atomic E-state index is 5.70. The lowest BCUT2D eigenvalue weighted by atomic mass is 9.89. The second kappa shape index (κ2) is 5.10. The van der Waals surface area contributed by atoms with Crippen molar-refractivity contribution in [3.8, 4) is 0 Å². The second-order valence-corrected chi connectivity index (χ2v) is 5.07. The Morgan fingerprint density at radius 2 is 2.21 bits per heavy atom. The molecule has 0 aliphatic carbocycles. The van der Waals surface area contributed by atoms with Crippen LogP contribution in [0, 0.1) is 5.41 Å². The molecule has 1 rings (SSSR count). The van der Waals surface area contributed by atoms with Gasteiger partial charge in [-0.15, -0.1) is 0 Å². The summed E-state index contributed by atoms with van der Waals surface area (Å²) in [4.78, 5) is 2.48. The molecule has 3 nitrogen and oxygen atoms in total. The molecular formula is C11H24N2O. The van der Waals surface area contributed by atoms with E-state index in [-0.39, 0.29) is 5.41 Å². The monoisotopic (exact) mass is 200 g/mol. The van der Waals surface area contributed by atoms with Crippen LogP contribution in [0.5, 0.6) is 0 Å². The summed E-state index contributed by atoms with van der Waals surface area (Å²) in [7, 11) is 1.80. The minimum atomic E-state index is 0.283. The lowest BCUT2D eigenvalue weighted by Crippen LogP contribution is -2.31. The highest BCUT2D eigenvalue weighted by atomic mass is 16.5. The van der Waals surface area contributed by atoms with Crippen LogP contribution in [0.1, 0.15) is 26.7 Å². The summed E-state index contributed by atoms with van der Waals surface area (Å²) < 4.78 is 5.33. The van der Waals surface area contributed by atoms with E-state index >= 15 is 0 Å². The van der Waals surface area contributed by atoms with Crippen LogP contribution >= 0.6 is 0 Å². The second-order valence-electron chi connectivity index (χ2n) is 5.07. The van der Waals surface area contributed by atoms with E-state index in [1.807, 2.05) is 0 Å². The zero-order valence-electron chi connectivity index (χ0n) is 9.75. The molecule has 1 aliphatic rings. The fraction of sp³-hybridized carbons (Fsp3) is 1.00. The van der Waals surface area contributed by atoms with Crippen molar-refractivity contribution in [1.29, 1.82) is 0 Å². The van der Waals surface area contributed by atoms with Crippen LogP contribution in [-0.4, -0.2) is 44.3 Å². The number of nitrogens with zero attached hydrogens (tertiary/aromatic N) is 1. The first kappa shape index (κ1) is 12.0. The summed E-state index contributed by atoms with van der Waals surface area (Å²) in [6.07, 6.45) is 2.82. The predicted molar refractivity (Wildman–Crippen MR) is 59.3 cm³/mol. The van der Waals surface area contributed by atoms with Crippen LogP contribution in [-0.2, 0) is 4.74 Å². The largest absolute Gasteiger partial charge is 0.380 e. The van der Waals surface area contributed by atoms with Gasteiger partial charge in [0.2, 0.25) is 0 Å². The van der Waals surface area contributed by atoms with Crippen LogP contribution in [0.4, 0.5) is 0 Å². The molecule has 0 bridgehead atoms. The molecule has 3 heteroatoms. The van der Waals surface area contributed by atoms with Gasteiger partial charge in [0.05, 0.1) is 6.10 Å². The Labute approximate surface area is 87.6 Å². The summed E-state index contributed by atoms with van der Waals surface area (Å²) in [6, 6.07) is 0. The minimum absolute atomic E-state index is 0.283. The van der Waals surface area contributed by atoms with Crippen LogP contribution < -0.4 is 5.73 Å². The fourth-order valence-corrected chi connectivity index (χ4v) is 1.76. The number of likely N-dealkylation sites (tertiary alicyclic amines) is 1. The topological polar surface area (TPSA) is 38.5 Å². The van der Waals surface area contributed by atoms with Crippen molar-refractivity contribution in [2.75, 3.05) is 33.3 Å². The van der Waals surface area contributed by atoms with E-state index in [4.69, 9.17) is 10.5 Å². The van der Waals surface area contributed by atoms with Gasteiger partial charge in [-0.25, -0.2) is 0 Å². The van der Waals surface area contributed by atoms with Crippen molar-refractivity contribution in [3.63, 3.8) is 0 Å². The van der Waals surface area contributed by atoms with Crippen molar-refractivity contribution < 1.29 is 4.74 Å². The number of methoxy groups -OCH3 is 1. The zero-order chi connectivity index (χ0) is 10.6. The molecule has 0 saturated carbocycles. The van der Waals surface area contributed by atoms with E-state index in [0.29, 0.717) is 6.10 Å². The molecule has 84 valence electrons. The maximum absolute atomic E-state index is 5.70. The Kier molecular flexibility index (Phi) is 4.35. The number of nitrogens with two attached hydrogens (primary N) is 1. The quantitative estimate of drug-likeness (QED) is 0.722. The van der Waals surface area contributed by atoms with Gasteiger partial charge in [0, 0.05) is 20.2 Å². The third-order valence-electron chi connectivity index (χ3n) is 3.22. The Morgan fingerprint density at radius 1 is 1.50 bits per heavy atom. The molecule has 0 amide bonds. The van der Waals surface area contributed by atoms with Gasteiger partial charge >= 0.3 is 0 Å². The molecule has 1 atom stereocenters. The fourth-order valence-electron chi connectivity index (χ4n) is 1.76. The molecule has 0 spiro atoms. The van der Waals surface area contributed by atoms with Gasteiger partial charge in [-0.3, -0.25) is 0 Å². The highest BCUT2D eigenvalue weighted by Crippen LogP contribution is 2.20. The van der Waals surface area contributed by atoms with E-state index in [1.54, 1.807) is 7.11 Å². The summed E-state index contributed by atoms with van der Waals surface area (Å²) in [5.74, 6) is 0. The molecule has 14 heavy (non-hydrogen) atoms. The predicted octanol–water partition coefficient (Wildman–Crippen LogP) is 1.08. The molecule has 0 aromatic rings. The third kappa shape index (κ3) is 3.56. The average molecular weight is 200 g/mol. The first-order chi connectivity index (χ1) is 6.57. The summed E-state index contributed by atoms with van der Waals surface area (Å²) >= 11 is 0. The highest BCUT2D eigenvalue weighted by Gasteiger charge is 2.24. The Bertz CT molecular complexity index is 171. The van der Waals surface area contributed by atoms with E-state index in [0.717, 1.165) is 19.6 Å².